The Kier molecular flexibility index (Phi) is 6.68. The summed E-state index contributed by atoms with van der Waals surface area (Å²) in [6, 6.07) is 8.16. The van der Waals surface area contributed by atoms with Gasteiger partial charge in [-0.2, -0.15) is 13.2 Å². The summed E-state index contributed by atoms with van der Waals surface area (Å²) >= 11 is 0. The molecule has 0 heterocycles. The SMILES string of the molecule is Cc1ccc(S(=O)(=O)NC(C)(C)C)cc1C(=O)NC(C)c1cccc(C(F)(F)F)c1. The van der Waals surface area contributed by atoms with Crippen molar-refractivity contribution in [3.05, 3.63) is 64.7 Å². The fraction of sp³-hybridized carbons (Fsp3) is 0.381. The number of aryl methyl sites for hydroxylation is 1. The Morgan fingerprint density at radius 1 is 1.03 bits per heavy atom. The van der Waals surface area contributed by atoms with Crippen LogP contribution in [0.4, 0.5) is 13.2 Å². The summed E-state index contributed by atoms with van der Waals surface area (Å²) in [6.45, 7) is 8.30. The van der Waals surface area contributed by atoms with Gasteiger partial charge in [0.25, 0.3) is 5.91 Å². The van der Waals surface area contributed by atoms with E-state index in [9.17, 15) is 26.4 Å². The third kappa shape index (κ3) is 6.06. The number of amides is 1. The molecule has 164 valence electrons. The summed E-state index contributed by atoms with van der Waals surface area (Å²) in [5.74, 6) is -0.578. The fourth-order valence-corrected chi connectivity index (χ4v) is 4.26. The maximum absolute atomic E-state index is 12.9. The van der Waals surface area contributed by atoms with E-state index in [4.69, 9.17) is 0 Å². The molecule has 2 N–H and O–H groups in total. The van der Waals surface area contributed by atoms with Gasteiger partial charge in [-0.25, -0.2) is 13.1 Å². The zero-order valence-electron chi connectivity index (χ0n) is 17.4. The quantitative estimate of drug-likeness (QED) is 0.712. The Hall–Kier alpha value is -2.39. The molecular weight excluding hydrogens is 417 g/mol. The van der Waals surface area contributed by atoms with Gasteiger partial charge < -0.3 is 5.32 Å². The van der Waals surface area contributed by atoms with Crippen molar-refractivity contribution in [2.45, 2.75) is 57.3 Å². The van der Waals surface area contributed by atoms with Crippen molar-refractivity contribution < 1.29 is 26.4 Å². The van der Waals surface area contributed by atoms with E-state index in [1.54, 1.807) is 34.6 Å². The van der Waals surface area contributed by atoms with Crippen LogP contribution in [-0.4, -0.2) is 19.9 Å². The second-order valence-electron chi connectivity index (χ2n) is 8.15. The molecular formula is C21H25F3N2O3S. The minimum absolute atomic E-state index is 0.0695. The Morgan fingerprint density at radius 3 is 2.23 bits per heavy atom. The van der Waals surface area contributed by atoms with Crippen LogP contribution in [0.2, 0.25) is 0 Å². The molecule has 0 spiro atoms. The van der Waals surface area contributed by atoms with Crippen molar-refractivity contribution >= 4 is 15.9 Å². The molecule has 0 saturated carbocycles. The predicted octanol–water partition coefficient (Wildman–Crippen LogP) is 4.58. The van der Waals surface area contributed by atoms with Gasteiger partial charge in [-0.05, 0) is 70.0 Å². The van der Waals surface area contributed by atoms with E-state index < -0.39 is 39.3 Å². The molecule has 30 heavy (non-hydrogen) atoms. The number of alkyl halides is 3. The molecule has 1 amide bonds. The molecule has 1 atom stereocenters. The monoisotopic (exact) mass is 442 g/mol. The van der Waals surface area contributed by atoms with Crippen LogP contribution in [0.5, 0.6) is 0 Å². The van der Waals surface area contributed by atoms with Crippen LogP contribution in [0.3, 0.4) is 0 Å². The van der Waals surface area contributed by atoms with E-state index in [0.29, 0.717) is 5.56 Å². The minimum atomic E-state index is -4.49. The highest BCUT2D eigenvalue weighted by atomic mass is 32.2. The standard InChI is InChI=1S/C21H25F3N2O3S/c1-13-9-10-17(30(28,29)26-20(3,4)5)12-18(13)19(27)25-14(2)15-7-6-8-16(11-15)21(22,23)24/h6-12,14,26H,1-5H3,(H,25,27). The lowest BCUT2D eigenvalue weighted by molar-refractivity contribution is -0.137. The zero-order valence-corrected chi connectivity index (χ0v) is 18.2. The lowest BCUT2D eigenvalue weighted by Crippen LogP contribution is -2.40. The topological polar surface area (TPSA) is 75.3 Å². The second kappa shape index (κ2) is 8.39. The number of halogens is 3. The van der Waals surface area contributed by atoms with E-state index in [0.717, 1.165) is 12.1 Å². The van der Waals surface area contributed by atoms with Crippen molar-refractivity contribution in [2.75, 3.05) is 0 Å². The highest BCUT2D eigenvalue weighted by Gasteiger charge is 2.31. The molecule has 0 fully saturated rings. The minimum Gasteiger partial charge on any atom is -0.346 e. The Balaban J connectivity index is 2.29. The first-order chi connectivity index (χ1) is 13.6. The largest absolute Gasteiger partial charge is 0.416 e. The van der Waals surface area contributed by atoms with Gasteiger partial charge in [0.1, 0.15) is 0 Å². The van der Waals surface area contributed by atoms with Gasteiger partial charge in [0.2, 0.25) is 10.0 Å². The lowest BCUT2D eigenvalue weighted by atomic mass is 10.0. The van der Waals surface area contributed by atoms with E-state index in [-0.39, 0.29) is 16.0 Å². The summed E-state index contributed by atoms with van der Waals surface area (Å²) in [7, 11) is -3.85. The van der Waals surface area contributed by atoms with Crippen molar-refractivity contribution in [1.29, 1.82) is 0 Å². The Bertz CT molecular complexity index is 1040. The third-order valence-electron chi connectivity index (χ3n) is 4.27. The van der Waals surface area contributed by atoms with E-state index in [1.807, 2.05) is 0 Å². The molecule has 1 unspecified atom stereocenters. The average Bonchev–Trinajstić information content (AvgIpc) is 2.59. The zero-order chi connectivity index (χ0) is 22.9. The second-order valence-corrected chi connectivity index (χ2v) is 9.83. The van der Waals surface area contributed by atoms with Gasteiger partial charge in [0.15, 0.2) is 0 Å². The summed E-state index contributed by atoms with van der Waals surface area (Å²) in [6.07, 6.45) is -4.49. The van der Waals surface area contributed by atoms with Crippen molar-refractivity contribution in [2.24, 2.45) is 0 Å². The number of benzene rings is 2. The normalized spacial score (nSPS) is 13.7. The van der Waals surface area contributed by atoms with Crippen LogP contribution in [0.1, 0.15) is 60.8 Å². The Morgan fingerprint density at radius 2 is 1.67 bits per heavy atom. The molecule has 9 heteroatoms. The van der Waals surface area contributed by atoms with Crippen molar-refractivity contribution in [3.63, 3.8) is 0 Å². The van der Waals surface area contributed by atoms with Crippen LogP contribution in [0.15, 0.2) is 47.4 Å². The maximum atomic E-state index is 12.9. The number of carbonyl (C=O) groups excluding carboxylic acids is 1. The molecule has 0 saturated heterocycles. The predicted molar refractivity (Wildman–Crippen MR) is 109 cm³/mol. The third-order valence-corrected chi connectivity index (χ3v) is 6.02. The van der Waals surface area contributed by atoms with Gasteiger partial charge in [-0.1, -0.05) is 18.2 Å². The maximum Gasteiger partial charge on any atom is 0.416 e. The first kappa shape index (κ1) is 23.9. The summed E-state index contributed by atoms with van der Waals surface area (Å²) in [5.41, 5.74) is -0.554. The molecule has 0 radical (unpaired) electrons. The van der Waals surface area contributed by atoms with Crippen LogP contribution >= 0.6 is 0 Å². The highest BCUT2D eigenvalue weighted by Crippen LogP contribution is 2.30. The lowest BCUT2D eigenvalue weighted by Gasteiger charge is -2.21. The number of carbonyl (C=O) groups is 1. The molecule has 0 aliphatic carbocycles. The molecule has 2 aromatic carbocycles. The highest BCUT2D eigenvalue weighted by molar-refractivity contribution is 7.89. The van der Waals surface area contributed by atoms with Gasteiger partial charge >= 0.3 is 6.18 Å². The van der Waals surface area contributed by atoms with E-state index in [2.05, 4.69) is 10.0 Å². The molecule has 0 aliphatic heterocycles. The fourth-order valence-electron chi connectivity index (χ4n) is 2.82. The van der Waals surface area contributed by atoms with Gasteiger partial charge in [0, 0.05) is 11.1 Å². The van der Waals surface area contributed by atoms with Crippen LogP contribution in [-0.2, 0) is 16.2 Å². The van der Waals surface area contributed by atoms with E-state index in [1.165, 1.54) is 30.3 Å². The van der Waals surface area contributed by atoms with Crippen LogP contribution in [0, 0.1) is 6.92 Å². The number of rotatable bonds is 5. The average molecular weight is 443 g/mol. The summed E-state index contributed by atoms with van der Waals surface area (Å²) in [5, 5.41) is 2.64. The van der Waals surface area contributed by atoms with E-state index >= 15 is 0 Å². The van der Waals surface area contributed by atoms with Crippen LogP contribution in [0.25, 0.3) is 0 Å². The molecule has 5 nitrogen and oxygen atoms in total. The number of sulfonamides is 1. The van der Waals surface area contributed by atoms with Gasteiger partial charge in [-0.3, -0.25) is 4.79 Å². The van der Waals surface area contributed by atoms with Crippen molar-refractivity contribution in [1.82, 2.24) is 10.0 Å². The molecule has 2 aromatic rings. The molecule has 0 bridgehead atoms. The Labute approximate surface area is 174 Å². The molecule has 0 aromatic heterocycles. The summed E-state index contributed by atoms with van der Waals surface area (Å²) < 4.78 is 66.4. The molecule has 2 rings (SSSR count). The number of nitrogens with one attached hydrogen (secondary N) is 2. The number of hydrogen-bond acceptors (Lipinski definition) is 3. The van der Waals surface area contributed by atoms with Crippen molar-refractivity contribution in [3.8, 4) is 0 Å². The summed E-state index contributed by atoms with van der Waals surface area (Å²) in [4.78, 5) is 12.7. The van der Waals surface area contributed by atoms with Crippen LogP contribution < -0.4 is 10.0 Å². The molecule has 0 aliphatic rings. The van der Waals surface area contributed by atoms with Gasteiger partial charge in [0.05, 0.1) is 16.5 Å². The first-order valence-electron chi connectivity index (χ1n) is 9.23. The smallest absolute Gasteiger partial charge is 0.346 e. The number of hydrogen-bond donors (Lipinski definition) is 2. The first-order valence-corrected chi connectivity index (χ1v) is 10.7. The van der Waals surface area contributed by atoms with Gasteiger partial charge in [-0.15, -0.1) is 0 Å².